The normalized spacial score (nSPS) is 10.3. The van der Waals surface area contributed by atoms with Gasteiger partial charge in [-0.25, -0.2) is 0 Å². The summed E-state index contributed by atoms with van der Waals surface area (Å²) >= 11 is 3.29. The van der Waals surface area contributed by atoms with Gasteiger partial charge >= 0.3 is 0 Å². The molecule has 6 heteroatoms. The molecule has 0 radical (unpaired) electrons. The summed E-state index contributed by atoms with van der Waals surface area (Å²) in [5.74, 6) is -0.563. The van der Waals surface area contributed by atoms with E-state index in [0.29, 0.717) is 17.8 Å². The predicted molar refractivity (Wildman–Crippen MR) is 79.3 cm³/mol. The average molecular weight is 336 g/mol. The number of rotatable bonds is 4. The highest BCUT2D eigenvalue weighted by Crippen LogP contribution is 2.13. The van der Waals surface area contributed by atoms with Gasteiger partial charge in [0.1, 0.15) is 5.69 Å². The standard InChI is InChI=1S/C14H14BrN3O2/c1-18(14(20)12-6-11(15)7-17-12)8-9-2-4-10(5-3-9)13(16)19/h2-7,17H,8H2,1H3,(H2,16,19). The zero-order valence-electron chi connectivity index (χ0n) is 10.9. The molecule has 2 amide bonds. The minimum atomic E-state index is -0.461. The Bertz CT molecular complexity index is 634. The van der Waals surface area contributed by atoms with Crippen molar-refractivity contribution in [2.75, 3.05) is 7.05 Å². The van der Waals surface area contributed by atoms with Crippen LogP contribution in [-0.2, 0) is 6.54 Å². The molecule has 1 aromatic carbocycles. The third-order valence-electron chi connectivity index (χ3n) is 2.88. The molecule has 20 heavy (non-hydrogen) atoms. The Labute approximate surface area is 124 Å². The van der Waals surface area contributed by atoms with Gasteiger partial charge in [0.15, 0.2) is 0 Å². The molecule has 0 unspecified atom stereocenters. The first-order chi connectivity index (χ1) is 9.47. The first kappa shape index (κ1) is 14.3. The van der Waals surface area contributed by atoms with Crippen molar-refractivity contribution in [3.63, 3.8) is 0 Å². The van der Waals surface area contributed by atoms with Gasteiger partial charge in [0.2, 0.25) is 5.91 Å². The highest BCUT2D eigenvalue weighted by Gasteiger charge is 2.13. The van der Waals surface area contributed by atoms with Crippen molar-refractivity contribution in [1.82, 2.24) is 9.88 Å². The van der Waals surface area contributed by atoms with Crippen molar-refractivity contribution in [1.29, 1.82) is 0 Å². The van der Waals surface area contributed by atoms with Crippen molar-refractivity contribution < 1.29 is 9.59 Å². The molecule has 0 aliphatic rings. The van der Waals surface area contributed by atoms with Crippen LogP contribution >= 0.6 is 15.9 Å². The minimum absolute atomic E-state index is 0.102. The van der Waals surface area contributed by atoms with E-state index in [1.54, 1.807) is 48.5 Å². The Hall–Kier alpha value is -2.08. The fourth-order valence-electron chi connectivity index (χ4n) is 1.82. The molecule has 0 fully saturated rings. The molecular weight excluding hydrogens is 322 g/mol. The number of nitrogens with one attached hydrogen (secondary N) is 1. The van der Waals surface area contributed by atoms with Crippen LogP contribution in [0.2, 0.25) is 0 Å². The van der Waals surface area contributed by atoms with Crippen LogP contribution < -0.4 is 5.73 Å². The molecule has 0 aliphatic heterocycles. The summed E-state index contributed by atoms with van der Waals surface area (Å²) < 4.78 is 0.833. The van der Waals surface area contributed by atoms with E-state index >= 15 is 0 Å². The number of carbonyl (C=O) groups is 2. The molecule has 1 heterocycles. The summed E-state index contributed by atoms with van der Waals surface area (Å²) in [5.41, 5.74) is 7.08. The van der Waals surface area contributed by atoms with Crippen LogP contribution in [0.15, 0.2) is 41.0 Å². The highest BCUT2D eigenvalue weighted by atomic mass is 79.9. The maximum atomic E-state index is 12.1. The first-order valence-corrected chi connectivity index (χ1v) is 6.75. The van der Waals surface area contributed by atoms with Gasteiger partial charge in [0, 0.05) is 29.8 Å². The number of carbonyl (C=O) groups excluding carboxylic acids is 2. The fourth-order valence-corrected chi connectivity index (χ4v) is 2.16. The van der Waals surface area contributed by atoms with E-state index in [1.165, 1.54) is 0 Å². The molecule has 5 nitrogen and oxygen atoms in total. The lowest BCUT2D eigenvalue weighted by Gasteiger charge is -2.16. The van der Waals surface area contributed by atoms with Crippen LogP contribution in [0.3, 0.4) is 0 Å². The Morgan fingerprint density at radius 2 is 1.95 bits per heavy atom. The van der Waals surface area contributed by atoms with E-state index in [1.807, 2.05) is 0 Å². The second kappa shape index (κ2) is 5.92. The maximum absolute atomic E-state index is 12.1. The van der Waals surface area contributed by atoms with Crippen molar-refractivity contribution in [3.8, 4) is 0 Å². The van der Waals surface area contributed by atoms with Crippen molar-refractivity contribution in [2.24, 2.45) is 5.73 Å². The maximum Gasteiger partial charge on any atom is 0.270 e. The fraction of sp³-hybridized carbons (Fsp3) is 0.143. The number of H-pyrrole nitrogens is 1. The van der Waals surface area contributed by atoms with Crippen molar-refractivity contribution >= 4 is 27.7 Å². The van der Waals surface area contributed by atoms with E-state index in [9.17, 15) is 9.59 Å². The molecule has 2 aromatic rings. The third kappa shape index (κ3) is 3.27. The van der Waals surface area contributed by atoms with Gasteiger partial charge < -0.3 is 15.6 Å². The summed E-state index contributed by atoms with van der Waals surface area (Å²) in [6.07, 6.45) is 1.71. The topological polar surface area (TPSA) is 79.2 Å². The Balaban J connectivity index is 2.05. The number of hydrogen-bond donors (Lipinski definition) is 2. The number of benzene rings is 1. The van der Waals surface area contributed by atoms with Crippen LogP contribution in [0.25, 0.3) is 0 Å². The smallest absolute Gasteiger partial charge is 0.270 e. The highest BCUT2D eigenvalue weighted by molar-refractivity contribution is 9.10. The number of primary amides is 1. The number of hydrogen-bond acceptors (Lipinski definition) is 2. The largest absolute Gasteiger partial charge is 0.366 e. The lowest BCUT2D eigenvalue weighted by Crippen LogP contribution is -2.26. The number of nitrogens with two attached hydrogens (primary N) is 1. The molecule has 0 aliphatic carbocycles. The Morgan fingerprint density at radius 3 is 2.45 bits per heavy atom. The zero-order chi connectivity index (χ0) is 14.7. The molecule has 3 N–H and O–H groups in total. The summed E-state index contributed by atoms with van der Waals surface area (Å²) in [6.45, 7) is 0.453. The summed E-state index contributed by atoms with van der Waals surface area (Å²) in [6, 6.07) is 8.61. The summed E-state index contributed by atoms with van der Waals surface area (Å²) in [5, 5.41) is 0. The van der Waals surface area contributed by atoms with Gasteiger partial charge in [0.25, 0.3) is 5.91 Å². The monoisotopic (exact) mass is 335 g/mol. The van der Waals surface area contributed by atoms with E-state index in [2.05, 4.69) is 20.9 Å². The number of aromatic nitrogens is 1. The number of nitrogens with zero attached hydrogens (tertiary/aromatic N) is 1. The number of aromatic amines is 1. The van der Waals surface area contributed by atoms with Gasteiger partial charge in [-0.2, -0.15) is 0 Å². The zero-order valence-corrected chi connectivity index (χ0v) is 12.5. The summed E-state index contributed by atoms with van der Waals surface area (Å²) in [4.78, 5) is 27.6. The SMILES string of the molecule is CN(Cc1ccc(C(N)=O)cc1)C(=O)c1cc(Br)c[nH]1. The second-order valence-corrected chi connectivity index (χ2v) is 5.37. The molecular formula is C14H14BrN3O2. The van der Waals surface area contributed by atoms with Gasteiger partial charge in [-0.05, 0) is 39.7 Å². The second-order valence-electron chi connectivity index (χ2n) is 4.45. The molecule has 0 saturated heterocycles. The Kier molecular flexibility index (Phi) is 4.24. The molecule has 104 valence electrons. The van der Waals surface area contributed by atoms with Gasteiger partial charge in [-0.1, -0.05) is 12.1 Å². The van der Waals surface area contributed by atoms with E-state index in [-0.39, 0.29) is 5.91 Å². The van der Waals surface area contributed by atoms with Crippen molar-refractivity contribution in [3.05, 3.63) is 57.8 Å². The van der Waals surface area contributed by atoms with Crippen LogP contribution in [0.1, 0.15) is 26.4 Å². The van der Waals surface area contributed by atoms with Crippen LogP contribution in [0.5, 0.6) is 0 Å². The quantitative estimate of drug-likeness (QED) is 0.897. The van der Waals surface area contributed by atoms with Gasteiger partial charge in [0.05, 0.1) is 0 Å². The number of amides is 2. The van der Waals surface area contributed by atoms with Gasteiger partial charge in [-0.3, -0.25) is 9.59 Å². The first-order valence-electron chi connectivity index (χ1n) is 5.95. The van der Waals surface area contributed by atoms with Crippen LogP contribution in [0.4, 0.5) is 0 Å². The molecule has 0 atom stereocenters. The lowest BCUT2D eigenvalue weighted by atomic mass is 10.1. The molecule has 0 saturated carbocycles. The van der Waals surface area contributed by atoms with E-state index < -0.39 is 5.91 Å². The third-order valence-corrected chi connectivity index (χ3v) is 3.34. The molecule has 2 rings (SSSR count). The molecule has 1 aromatic heterocycles. The number of halogens is 1. The lowest BCUT2D eigenvalue weighted by molar-refractivity contribution is 0.0779. The molecule has 0 spiro atoms. The van der Waals surface area contributed by atoms with Gasteiger partial charge in [-0.15, -0.1) is 0 Å². The van der Waals surface area contributed by atoms with E-state index in [0.717, 1.165) is 10.0 Å². The van der Waals surface area contributed by atoms with Crippen LogP contribution in [0, 0.1) is 0 Å². The minimum Gasteiger partial charge on any atom is -0.366 e. The summed E-state index contributed by atoms with van der Waals surface area (Å²) in [7, 11) is 1.72. The predicted octanol–water partition coefficient (Wildman–Crippen LogP) is 2.15. The Morgan fingerprint density at radius 1 is 1.30 bits per heavy atom. The van der Waals surface area contributed by atoms with Crippen LogP contribution in [-0.4, -0.2) is 28.7 Å². The van der Waals surface area contributed by atoms with E-state index in [4.69, 9.17) is 5.73 Å². The average Bonchev–Trinajstić information content (AvgIpc) is 2.85. The van der Waals surface area contributed by atoms with Crippen molar-refractivity contribution in [2.45, 2.75) is 6.54 Å². The molecule has 0 bridgehead atoms.